The van der Waals surface area contributed by atoms with Crippen LogP contribution in [0.2, 0.25) is 0 Å². The van der Waals surface area contributed by atoms with Crippen molar-refractivity contribution in [2.45, 2.75) is 19.3 Å². The molecule has 0 saturated carbocycles. The summed E-state index contributed by atoms with van der Waals surface area (Å²) < 4.78 is 38.1. The van der Waals surface area contributed by atoms with Crippen molar-refractivity contribution in [2.75, 3.05) is 0 Å². The molecule has 1 N–H and O–H groups in total. The van der Waals surface area contributed by atoms with Crippen LogP contribution < -0.4 is 5.32 Å². The maximum atomic E-state index is 12.7. The number of thiazole rings is 1. The number of benzene rings is 2. The molecule has 0 bridgehead atoms. The molecule has 0 atom stereocenters. The maximum Gasteiger partial charge on any atom is 0.416 e. The van der Waals surface area contributed by atoms with Crippen LogP contribution in [-0.4, -0.2) is 4.98 Å². The van der Waals surface area contributed by atoms with E-state index in [0.717, 1.165) is 21.5 Å². The summed E-state index contributed by atoms with van der Waals surface area (Å²) in [7, 11) is 0. The second kappa shape index (κ2) is 7.15. The number of aromatic nitrogens is 1. The first-order chi connectivity index (χ1) is 11.5. The van der Waals surface area contributed by atoms with Gasteiger partial charge in [0, 0.05) is 19.3 Å². The van der Waals surface area contributed by atoms with Crippen LogP contribution in [0.5, 0.6) is 0 Å². The summed E-state index contributed by atoms with van der Waals surface area (Å²) in [5.41, 5.74) is 1.09. The first-order valence-corrected chi connectivity index (χ1v) is 8.21. The van der Waals surface area contributed by atoms with Crippen molar-refractivity contribution < 1.29 is 13.2 Å². The van der Waals surface area contributed by atoms with E-state index in [4.69, 9.17) is 0 Å². The first kappa shape index (κ1) is 16.7. The van der Waals surface area contributed by atoms with Gasteiger partial charge in [0.15, 0.2) is 0 Å². The second-order valence-corrected chi connectivity index (χ2v) is 6.40. The Bertz CT molecular complexity index is 797. The van der Waals surface area contributed by atoms with Gasteiger partial charge in [-0.15, -0.1) is 11.3 Å². The Morgan fingerprint density at radius 2 is 1.75 bits per heavy atom. The van der Waals surface area contributed by atoms with Gasteiger partial charge >= 0.3 is 6.18 Å². The molecule has 0 radical (unpaired) electrons. The van der Waals surface area contributed by atoms with Crippen LogP contribution in [-0.2, 0) is 19.3 Å². The van der Waals surface area contributed by atoms with Gasteiger partial charge in [0.25, 0.3) is 0 Å². The van der Waals surface area contributed by atoms with Crippen molar-refractivity contribution in [1.82, 2.24) is 10.3 Å². The second-order valence-electron chi connectivity index (χ2n) is 5.29. The van der Waals surface area contributed by atoms with E-state index in [0.29, 0.717) is 18.7 Å². The lowest BCUT2D eigenvalue weighted by molar-refractivity contribution is -0.137. The topological polar surface area (TPSA) is 24.9 Å². The standard InChI is InChI=1S/C18H15F3N2S/c19-18(20,21)15-8-4-5-13(9-15)10-22-12-17-23-11-16(24-17)14-6-2-1-3-7-14/h1-9,11,22H,10,12H2. The molecule has 0 aliphatic rings. The Morgan fingerprint density at radius 3 is 2.50 bits per heavy atom. The number of alkyl halides is 3. The Balaban J connectivity index is 1.59. The molecule has 6 heteroatoms. The summed E-state index contributed by atoms with van der Waals surface area (Å²) in [4.78, 5) is 5.43. The molecule has 2 aromatic carbocycles. The van der Waals surface area contributed by atoms with Crippen molar-refractivity contribution >= 4 is 11.3 Å². The quantitative estimate of drug-likeness (QED) is 0.692. The average molecular weight is 348 g/mol. The van der Waals surface area contributed by atoms with Crippen molar-refractivity contribution in [3.8, 4) is 10.4 Å². The van der Waals surface area contributed by atoms with E-state index >= 15 is 0 Å². The third kappa shape index (κ3) is 4.21. The molecule has 0 fully saturated rings. The third-order valence-electron chi connectivity index (χ3n) is 3.47. The predicted molar refractivity (Wildman–Crippen MR) is 89.5 cm³/mol. The zero-order chi connectivity index (χ0) is 17.0. The number of rotatable bonds is 5. The average Bonchev–Trinajstić information content (AvgIpc) is 3.04. The molecule has 24 heavy (non-hydrogen) atoms. The number of nitrogens with one attached hydrogen (secondary N) is 1. The van der Waals surface area contributed by atoms with Crippen LogP contribution in [0, 0.1) is 0 Å². The van der Waals surface area contributed by atoms with Gasteiger partial charge in [0.2, 0.25) is 0 Å². The van der Waals surface area contributed by atoms with E-state index in [1.807, 2.05) is 36.5 Å². The lowest BCUT2D eigenvalue weighted by Crippen LogP contribution is -2.13. The summed E-state index contributed by atoms with van der Waals surface area (Å²) in [6.45, 7) is 0.887. The predicted octanol–water partition coefficient (Wildman–Crippen LogP) is 5.12. The van der Waals surface area contributed by atoms with Crippen LogP contribution >= 0.6 is 11.3 Å². The van der Waals surface area contributed by atoms with Crippen LogP contribution in [0.15, 0.2) is 60.8 Å². The molecule has 0 spiro atoms. The molecule has 3 aromatic rings. The minimum absolute atomic E-state index is 0.365. The van der Waals surface area contributed by atoms with Gasteiger partial charge in [0.1, 0.15) is 5.01 Å². The van der Waals surface area contributed by atoms with Crippen molar-refractivity contribution in [3.63, 3.8) is 0 Å². The summed E-state index contributed by atoms with van der Waals surface area (Å²) in [5, 5.41) is 4.05. The number of nitrogens with zero attached hydrogens (tertiary/aromatic N) is 1. The Labute approximate surface area is 142 Å². The van der Waals surface area contributed by atoms with Gasteiger partial charge in [0.05, 0.1) is 10.4 Å². The summed E-state index contributed by atoms with van der Waals surface area (Å²) >= 11 is 1.57. The van der Waals surface area contributed by atoms with E-state index in [9.17, 15) is 13.2 Å². The first-order valence-electron chi connectivity index (χ1n) is 7.39. The fourth-order valence-electron chi connectivity index (χ4n) is 2.30. The molecule has 3 rings (SSSR count). The van der Waals surface area contributed by atoms with E-state index in [-0.39, 0.29) is 0 Å². The van der Waals surface area contributed by atoms with Crippen LogP contribution in [0.3, 0.4) is 0 Å². The minimum atomic E-state index is -4.31. The van der Waals surface area contributed by atoms with Crippen molar-refractivity contribution in [3.05, 3.63) is 76.9 Å². The molecule has 0 aliphatic carbocycles. The molecule has 1 heterocycles. The lowest BCUT2D eigenvalue weighted by Gasteiger charge is -2.09. The van der Waals surface area contributed by atoms with E-state index in [2.05, 4.69) is 10.3 Å². The van der Waals surface area contributed by atoms with Gasteiger partial charge in [-0.3, -0.25) is 0 Å². The zero-order valence-corrected chi connectivity index (χ0v) is 13.5. The van der Waals surface area contributed by atoms with Gasteiger partial charge < -0.3 is 5.32 Å². The highest BCUT2D eigenvalue weighted by Crippen LogP contribution is 2.29. The monoisotopic (exact) mass is 348 g/mol. The summed E-state index contributed by atoms with van der Waals surface area (Å²) in [6.07, 6.45) is -2.49. The normalized spacial score (nSPS) is 11.6. The number of halogens is 3. The Morgan fingerprint density at radius 1 is 0.958 bits per heavy atom. The molecule has 124 valence electrons. The van der Waals surface area contributed by atoms with Gasteiger partial charge in [-0.05, 0) is 17.2 Å². The molecule has 2 nitrogen and oxygen atoms in total. The Kier molecular flexibility index (Phi) is 4.97. The maximum absolute atomic E-state index is 12.7. The number of hydrogen-bond donors (Lipinski definition) is 1. The van der Waals surface area contributed by atoms with Crippen LogP contribution in [0.25, 0.3) is 10.4 Å². The summed E-state index contributed by atoms with van der Waals surface area (Å²) in [5.74, 6) is 0. The number of hydrogen-bond acceptors (Lipinski definition) is 3. The summed E-state index contributed by atoms with van der Waals surface area (Å²) in [6, 6.07) is 15.3. The van der Waals surface area contributed by atoms with Gasteiger partial charge in [-0.2, -0.15) is 13.2 Å². The van der Waals surface area contributed by atoms with E-state index in [1.165, 1.54) is 12.1 Å². The smallest absolute Gasteiger partial charge is 0.306 e. The highest BCUT2D eigenvalue weighted by Gasteiger charge is 2.30. The molecular weight excluding hydrogens is 333 g/mol. The Hall–Kier alpha value is -2.18. The minimum Gasteiger partial charge on any atom is -0.306 e. The van der Waals surface area contributed by atoms with Gasteiger partial charge in [-0.1, -0.05) is 48.5 Å². The highest BCUT2D eigenvalue weighted by molar-refractivity contribution is 7.15. The molecule has 0 unspecified atom stereocenters. The van der Waals surface area contributed by atoms with Gasteiger partial charge in [-0.25, -0.2) is 4.98 Å². The molecule has 1 aromatic heterocycles. The fourth-order valence-corrected chi connectivity index (χ4v) is 3.19. The van der Waals surface area contributed by atoms with Crippen LogP contribution in [0.1, 0.15) is 16.1 Å². The SMILES string of the molecule is FC(F)(F)c1cccc(CNCc2ncc(-c3ccccc3)s2)c1. The molecular formula is C18H15F3N2S. The van der Waals surface area contributed by atoms with E-state index in [1.54, 1.807) is 17.4 Å². The van der Waals surface area contributed by atoms with E-state index < -0.39 is 11.7 Å². The van der Waals surface area contributed by atoms with Crippen LogP contribution in [0.4, 0.5) is 13.2 Å². The lowest BCUT2D eigenvalue weighted by atomic mass is 10.1. The molecule has 0 amide bonds. The highest BCUT2D eigenvalue weighted by atomic mass is 32.1. The third-order valence-corrected chi connectivity index (χ3v) is 4.52. The van der Waals surface area contributed by atoms with Crippen molar-refractivity contribution in [2.24, 2.45) is 0 Å². The zero-order valence-electron chi connectivity index (χ0n) is 12.7. The largest absolute Gasteiger partial charge is 0.416 e. The molecule has 0 aliphatic heterocycles. The molecule has 0 saturated heterocycles. The fraction of sp³-hybridized carbons (Fsp3) is 0.167. The van der Waals surface area contributed by atoms with Crippen molar-refractivity contribution in [1.29, 1.82) is 0 Å².